The monoisotopic (exact) mass is 373 g/mol. The van der Waals surface area contributed by atoms with Crippen LogP contribution < -0.4 is 0 Å². The highest BCUT2D eigenvalue weighted by Gasteiger charge is 2.38. The minimum Gasteiger partial charge on any atom is -0.339 e. The Balaban J connectivity index is 1.55. The van der Waals surface area contributed by atoms with Gasteiger partial charge in [-0.05, 0) is 37.5 Å². The van der Waals surface area contributed by atoms with Gasteiger partial charge in [-0.3, -0.25) is 4.79 Å². The number of para-hydroxylation sites is 2. The summed E-state index contributed by atoms with van der Waals surface area (Å²) in [6, 6.07) is 19.6. The molecule has 4 nitrogen and oxygen atoms in total. The van der Waals surface area contributed by atoms with E-state index >= 15 is 0 Å². The molecule has 2 atom stereocenters. The molecule has 0 spiro atoms. The van der Waals surface area contributed by atoms with E-state index in [-0.39, 0.29) is 12.0 Å². The molecule has 1 amide bonds. The summed E-state index contributed by atoms with van der Waals surface area (Å²) in [6.45, 7) is 3.05. The van der Waals surface area contributed by atoms with Crippen LogP contribution in [0.1, 0.15) is 62.4 Å². The third kappa shape index (κ3) is 2.92. The molecule has 1 aliphatic heterocycles. The maximum atomic E-state index is 12.8. The SMILES string of the molecule is CC(c1ccccc1)n1c(C2CC(=O)N(C3CCCC3)C2)nc2ccccc21. The van der Waals surface area contributed by atoms with Crippen LogP contribution in [0.4, 0.5) is 0 Å². The molecule has 2 fully saturated rings. The quantitative estimate of drug-likeness (QED) is 0.652. The topological polar surface area (TPSA) is 38.1 Å². The summed E-state index contributed by atoms with van der Waals surface area (Å²) in [5.74, 6) is 1.54. The second-order valence-electron chi connectivity index (χ2n) is 8.30. The van der Waals surface area contributed by atoms with Gasteiger partial charge in [0.1, 0.15) is 5.82 Å². The number of hydrogen-bond donors (Lipinski definition) is 0. The molecule has 5 rings (SSSR count). The summed E-state index contributed by atoms with van der Waals surface area (Å²) in [5.41, 5.74) is 3.44. The van der Waals surface area contributed by atoms with E-state index in [0.29, 0.717) is 18.4 Å². The Morgan fingerprint density at radius 1 is 1.00 bits per heavy atom. The van der Waals surface area contributed by atoms with Crippen molar-refractivity contribution in [3.05, 3.63) is 66.0 Å². The first-order chi connectivity index (χ1) is 13.7. The van der Waals surface area contributed by atoms with Crippen molar-refractivity contribution in [3.8, 4) is 0 Å². The number of benzene rings is 2. The fraction of sp³-hybridized carbons (Fsp3) is 0.417. The van der Waals surface area contributed by atoms with Crippen molar-refractivity contribution in [3.63, 3.8) is 0 Å². The number of nitrogens with zero attached hydrogens (tertiary/aromatic N) is 3. The zero-order chi connectivity index (χ0) is 19.1. The number of hydrogen-bond acceptors (Lipinski definition) is 2. The first-order valence-corrected chi connectivity index (χ1v) is 10.5. The van der Waals surface area contributed by atoms with Gasteiger partial charge in [-0.15, -0.1) is 0 Å². The van der Waals surface area contributed by atoms with Crippen molar-refractivity contribution in [2.45, 2.75) is 57.0 Å². The molecule has 1 saturated heterocycles. The number of aromatic nitrogens is 2. The molecule has 3 aromatic rings. The van der Waals surface area contributed by atoms with Crippen molar-refractivity contribution >= 4 is 16.9 Å². The highest BCUT2D eigenvalue weighted by atomic mass is 16.2. The van der Waals surface area contributed by atoms with E-state index in [1.807, 2.05) is 6.07 Å². The van der Waals surface area contributed by atoms with Gasteiger partial charge in [-0.1, -0.05) is 55.3 Å². The lowest BCUT2D eigenvalue weighted by atomic mass is 10.0. The normalized spacial score (nSPS) is 21.7. The maximum absolute atomic E-state index is 12.8. The van der Waals surface area contributed by atoms with Crippen LogP contribution in [-0.4, -0.2) is 32.9 Å². The zero-order valence-corrected chi connectivity index (χ0v) is 16.4. The Morgan fingerprint density at radius 3 is 2.50 bits per heavy atom. The van der Waals surface area contributed by atoms with E-state index in [1.54, 1.807) is 0 Å². The lowest BCUT2D eigenvalue weighted by molar-refractivity contribution is -0.129. The summed E-state index contributed by atoms with van der Waals surface area (Å²) in [7, 11) is 0. The Kier molecular flexibility index (Phi) is 4.42. The lowest BCUT2D eigenvalue weighted by Gasteiger charge is -2.25. The largest absolute Gasteiger partial charge is 0.339 e. The Hall–Kier alpha value is -2.62. The summed E-state index contributed by atoms with van der Waals surface area (Å²) in [6.07, 6.45) is 5.41. The van der Waals surface area contributed by atoms with Crippen LogP contribution in [0.3, 0.4) is 0 Å². The number of carbonyl (C=O) groups is 1. The van der Waals surface area contributed by atoms with E-state index in [2.05, 4.69) is 64.9 Å². The van der Waals surface area contributed by atoms with Crippen LogP contribution in [0, 0.1) is 0 Å². The van der Waals surface area contributed by atoms with E-state index in [1.165, 1.54) is 18.4 Å². The molecule has 0 radical (unpaired) electrons. The second kappa shape index (κ2) is 7.08. The number of rotatable bonds is 4. The van der Waals surface area contributed by atoms with Crippen LogP contribution in [0.2, 0.25) is 0 Å². The van der Waals surface area contributed by atoms with Crippen molar-refractivity contribution in [2.24, 2.45) is 0 Å². The molecule has 1 saturated carbocycles. The fourth-order valence-corrected chi connectivity index (χ4v) is 5.11. The summed E-state index contributed by atoms with van der Waals surface area (Å²) < 4.78 is 2.36. The fourth-order valence-electron chi connectivity index (χ4n) is 5.11. The van der Waals surface area contributed by atoms with E-state index in [4.69, 9.17) is 4.98 Å². The molecule has 2 aliphatic rings. The molecule has 1 aliphatic carbocycles. The van der Waals surface area contributed by atoms with Crippen LogP contribution in [0.25, 0.3) is 11.0 Å². The smallest absolute Gasteiger partial charge is 0.223 e. The average Bonchev–Trinajstić information content (AvgIpc) is 3.46. The average molecular weight is 374 g/mol. The van der Waals surface area contributed by atoms with Gasteiger partial charge in [-0.25, -0.2) is 4.98 Å². The third-order valence-electron chi connectivity index (χ3n) is 6.58. The molecular weight excluding hydrogens is 346 g/mol. The van der Waals surface area contributed by atoms with Gasteiger partial charge in [0, 0.05) is 24.9 Å². The molecule has 144 valence electrons. The van der Waals surface area contributed by atoms with Gasteiger partial charge in [0.05, 0.1) is 17.1 Å². The third-order valence-corrected chi connectivity index (χ3v) is 6.58. The number of likely N-dealkylation sites (tertiary alicyclic amines) is 1. The maximum Gasteiger partial charge on any atom is 0.223 e. The molecule has 0 N–H and O–H groups in total. The van der Waals surface area contributed by atoms with Gasteiger partial charge in [0.25, 0.3) is 0 Å². The first kappa shape index (κ1) is 17.5. The standard InChI is InChI=1S/C24H27N3O/c1-17(18-9-3-2-4-10-18)27-22-14-8-7-13-21(22)25-24(27)19-15-23(28)26(16-19)20-11-5-6-12-20/h2-4,7-10,13-14,17,19-20H,5-6,11-12,15-16H2,1H3. The van der Waals surface area contributed by atoms with Gasteiger partial charge in [0.15, 0.2) is 0 Å². The minimum absolute atomic E-state index is 0.173. The van der Waals surface area contributed by atoms with E-state index < -0.39 is 0 Å². The molecule has 0 bridgehead atoms. The van der Waals surface area contributed by atoms with Crippen LogP contribution in [0.15, 0.2) is 54.6 Å². The van der Waals surface area contributed by atoms with Crippen molar-refractivity contribution < 1.29 is 4.79 Å². The second-order valence-corrected chi connectivity index (χ2v) is 8.30. The first-order valence-electron chi connectivity index (χ1n) is 10.5. The molecule has 2 heterocycles. The van der Waals surface area contributed by atoms with E-state index in [0.717, 1.165) is 36.2 Å². The number of amides is 1. The van der Waals surface area contributed by atoms with Gasteiger partial charge in [-0.2, -0.15) is 0 Å². The van der Waals surface area contributed by atoms with Crippen LogP contribution in [-0.2, 0) is 4.79 Å². The van der Waals surface area contributed by atoms with Crippen molar-refractivity contribution in [2.75, 3.05) is 6.54 Å². The number of fused-ring (bicyclic) bond motifs is 1. The Labute approximate surface area is 166 Å². The molecule has 2 unspecified atom stereocenters. The predicted octanol–water partition coefficient (Wildman–Crippen LogP) is 4.90. The highest BCUT2D eigenvalue weighted by molar-refractivity contribution is 5.81. The molecule has 4 heteroatoms. The zero-order valence-electron chi connectivity index (χ0n) is 16.4. The van der Waals surface area contributed by atoms with E-state index in [9.17, 15) is 4.79 Å². The van der Waals surface area contributed by atoms with Gasteiger partial charge >= 0.3 is 0 Å². The van der Waals surface area contributed by atoms with Crippen LogP contribution >= 0.6 is 0 Å². The summed E-state index contributed by atoms with van der Waals surface area (Å²) in [4.78, 5) is 20.0. The van der Waals surface area contributed by atoms with Crippen molar-refractivity contribution in [1.29, 1.82) is 0 Å². The van der Waals surface area contributed by atoms with Crippen molar-refractivity contribution in [1.82, 2.24) is 14.5 Å². The summed E-state index contributed by atoms with van der Waals surface area (Å²) in [5, 5.41) is 0. The highest BCUT2D eigenvalue weighted by Crippen LogP contribution is 2.37. The summed E-state index contributed by atoms with van der Waals surface area (Å²) >= 11 is 0. The molecular formula is C24H27N3O. The molecule has 1 aromatic heterocycles. The van der Waals surface area contributed by atoms with Gasteiger partial charge < -0.3 is 9.47 Å². The molecule has 28 heavy (non-hydrogen) atoms. The number of carbonyl (C=O) groups excluding carboxylic acids is 1. The predicted molar refractivity (Wildman–Crippen MR) is 111 cm³/mol. The lowest BCUT2D eigenvalue weighted by Crippen LogP contribution is -2.34. The Morgan fingerprint density at radius 2 is 1.71 bits per heavy atom. The Bertz CT molecular complexity index is 988. The number of imidazole rings is 1. The minimum atomic E-state index is 0.173. The molecule has 2 aromatic carbocycles. The van der Waals surface area contributed by atoms with Crippen LogP contribution in [0.5, 0.6) is 0 Å². The van der Waals surface area contributed by atoms with Gasteiger partial charge in [0.2, 0.25) is 5.91 Å².